The average molecular weight is 194 g/mol. The van der Waals surface area contributed by atoms with Crippen molar-refractivity contribution >= 4 is 12.4 Å². The Labute approximate surface area is 54.7 Å². The van der Waals surface area contributed by atoms with Crippen LogP contribution in [0.3, 0.4) is 0 Å². The molecule has 0 aromatic rings. The second kappa shape index (κ2) is 5.80. The van der Waals surface area contributed by atoms with Crippen molar-refractivity contribution in [3.05, 3.63) is 0 Å². The maximum Gasteiger partial charge on any atom is 0.310 e. The molecular weight excluding hydrogens is 190 g/mol. The van der Waals surface area contributed by atoms with Crippen molar-refractivity contribution in [2.24, 2.45) is 0 Å². The van der Waals surface area contributed by atoms with E-state index in [1.54, 1.807) is 0 Å². The smallest absolute Gasteiger partial charge is 0.310 e. The summed E-state index contributed by atoms with van der Waals surface area (Å²) in [5.41, 5.74) is 0. The molecule has 0 radical (unpaired) electrons. The van der Waals surface area contributed by atoms with Crippen LogP contribution in [0.1, 0.15) is 6.92 Å². The molecule has 0 rings (SSSR count). The molecule has 0 aliphatic carbocycles. The van der Waals surface area contributed by atoms with Crippen LogP contribution < -0.4 is 0 Å². The molecule has 0 heterocycles. The zero-order chi connectivity index (χ0) is 4.99. The molecule has 0 unspecified atom stereocenters. The van der Waals surface area contributed by atoms with Crippen LogP contribution in [0.2, 0.25) is 0 Å². The van der Waals surface area contributed by atoms with Crippen LogP contribution >= 0.6 is 0 Å². The van der Waals surface area contributed by atoms with Crippen LogP contribution in [-0.2, 0) is 34.7 Å². The Kier molecular flexibility index (Phi) is 8.23. The van der Waals surface area contributed by atoms with Gasteiger partial charge in [0.1, 0.15) is 0 Å². The first kappa shape index (κ1) is 9.93. The molecule has 4 heteroatoms. The van der Waals surface area contributed by atoms with Crippen molar-refractivity contribution < 1.29 is 34.7 Å². The van der Waals surface area contributed by atoms with Gasteiger partial charge in [-0.05, 0) is 0 Å². The summed E-state index contributed by atoms with van der Waals surface area (Å²) in [5.74, 6) is -0.579. The third kappa shape index (κ3) is 10.7. The van der Waals surface area contributed by atoms with Gasteiger partial charge in [-0.25, -0.2) is 0 Å². The van der Waals surface area contributed by atoms with E-state index < -0.39 is 5.97 Å². The molecule has 0 saturated heterocycles. The molecule has 0 aliphatic rings. The first-order valence-corrected chi connectivity index (χ1v) is 1.38. The van der Waals surface area contributed by atoms with Gasteiger partial charge in [0, 0.05) is 27.3 Å². The van der Waals surface area contributed by atoms with Crippen LogP contribution in [0.25, 0.3) is 0 Å². The molecule has 0 aromatic heterocycles. The van der Waals surface area contributed by atoms with E-state index in [0.29, 0.717) is 0 Å². The topological polar surface area (TPSA) is 43.4 Å². The van der Waals surface area contributed by atoms with Gasteiger partial charge in [0.25, 0.3) is 0 Å². The molecule has 0 bridgehead atoms. The van der Waals surface area contributed by atoms with E-state index in [4.69, 9.17) is 0 Å². The van der Waals surface area contributed by atoms with Gasteiger partial charge in [-0.2, -0.15) is 0 Å². The van der Waals surface area contributed by atoms with Gasteiger partial charge in [0.15, 0.2) is 0 Å². The van der Waals surface area contributed by atoms with Gasteiger partial charge in [-0.1, -0.05) is 0 Å². The Morgan fingerprint density at radius 1 is 1.71 bits per heavy atom. The summed E-state index contributed by atoms with van der Waals surface area (Å²) >= 11 is 0. The molecule has 44 valence electrons. The van der Waals surface area contributed by atoms with E-state index >= 15 is 0 Å². The normalized spacial score (nSPS) is 5.86. The molecule has 0 saturated carbocycles. The largest absolute Gasteiger partial charge is 0.396 e. The molecule has 0 aliphatic heterocycles. The number of rotatable bonds is 1. The SMILES string of the molecule is CC(=O)OC=O.[Pd]. The minimum absolute atomic E-state index is 0. The molecule has 0 N–H and O–H groups in total. The first-order chi connectivity index (χ1) is 2.77. The van der Waals surface area contributed by atoms with Crippen molar-refractivity contribution in [3.8, 4) is 0 Å². The number of hydrogen-bond acceptors (Lipinski definition) is 3. The van der Waals surface area contributed by atoms with Gasteiger partial charge in [-0.3, -0.25) is 9.59 Å². The summed E-state index contributed by atoms with van der Waals surface area (Å²) in [7, 11) is 0. The molecule has 0 fully saturated rings. The first-order valence-electron chi connectivity index (χ1n) is 1.38. The van der Waals surface area contributed by atoms with Crippen molar-refractivity contribution in [2.75, 3.05) is 0 Å². The second-order valence-electron chi connectivity index (χ2n) is 0.706. The van der Waals surface area contributed by atoms with Crippen LogP contribution in [0.5, 0.6) is 0 Å². The van der Waals surface area contributed by atoms with Crippen molar-refractivity contribution in [1.82, 2.24) is 0 Å². The van der Waals surface area contributed by atoms with Crippen molar-refractivity contribution in [2.45, 2.75) is 6.92 Å². The average Bonchev–Trinajstić information content (AvgIpc) is 1.35. The maximum absolute atomic E-state index is 9.59. The summed E-state index contributed by atoms with van der Waals surface area (Å²) in [4.78, 5) is 18.8. The van der Waals surface area contributed by atoms with Gasteiger partial charge >= 0.3 is 12.4 Å². The second-order valence-corrected chi connectivity index (χ2v) is 0.706. The Bertz CT molecular complexity index is 70.6. The van der Waals surface area contributed by atoms with Gasteiger partial charge in [0.05, 0.1) is 0 Å². The van der Waals surface area contributed by atoms with Gasteiger partial charge < -0.3 is 4.74 Å². The summed E-state index contributed by atoms with van der Waals surface area (Å²) in [6, 6.07) is 0. The molecule has 0 spiro atoms. The zero-order valence-corrected chi connectivity index (χ0v) is 5.17. The molecule has 7 heavy (non-hydrogen) atoms. The van der Waals surface area contributed by atoms with Gasteiger partial charge in [0.2, 0.25) is 0 Å². The predicted octanol–water partition coefficient (Wildman–Crippen LogP) is -0.297. The number of ether oxygens (including phenoxy) is 1. The predicted molar refractivity (Wildman–Crippen MR) is 17.8 cm³/mol. The van der Waals surface area contributed by atoms with Crippen molar-refractivity contribution in [1.29, 1.82) is 0 Å². The minimum atomic E-state index is -0.579. The molecule has 0 amide bonds. The quantitative estimate of drug-likeness (QED) is 0.249. The van der Waals surface area contributed by atoms with E-state index in [-0.39, 0.29) is 26.9 Å². The third-order valence-electron chi connectivity index (χ3n) is 0.214. The number of esters is 1. The number of carbonyl (C=O) groups excluding carboxylic acids is 2. The Morgan fingerprint density at radius 2 is 2.14 bits per heavy atom. The van der Waals surface area contributed by atoms with E-state index in [2.05, 4.69) is 4.74 Å². The Hall–Kier alpha value is -0.198. The zero-order valence-electron chi connectivity index (χ0n) is 3.62. The monoisotopic (exact) mass is 194 g/mol. The molecule has 0 aromatic carbocycles. The third-order valence-corrected chi connectivity index (χ3v) is 0.214. The van der Waals surface area contributed by atoms with E-state index in [9.17, 15) is 9.59 Å². The summed E-state index contributed by atoms with van der Waals surface area (Å²) in [6.45, 7) is 1.26. The van der Waals surface area contributed by atoms with Crippen LogP contribution in [0.15, 0.2) is 0 Å². The number of hydrogen-bond donors (Lipinski definition) is 0. The van der Waals surface area contributed by atoms with Crippen LogP contribution in [0.4, 0.5) is 0 Å². The summed E-state index contributed by atoms with van der Waals surface area (Å²) in [6.07, 6.45) is 0. The summed E-state index contributed by atoms with van der Waals surface area (Å²) in [5, 5.41) is 0. The minimum Gasteiger partial charge on any atom is -0.396 e. The van der Waals surface area contributed by atoms with E-state index in [1.807, 2.05) is 0 Å². The van der Waals surface area contributed by atoms with Gasteiger partial charge in [-0.15, -0.1) is 0 Å². The van der Waals surface area contributed by atoms with E-state index in [1.165, 1.54) is 0 Å². The van der Waals surface area contributed by atoms with Crippen LogP contribution in [0, 0.1) is 0 Å². The molecule has 0 atom stereocenters. The fraction of sp³-hybridized carbons (Fsp3) is 0.333. The number of carbonyl (C=O) groups is 2. The fourth-order valence-electron chi connectivity index (χ4n) is 0.0678. The summed E-state index contributed by atoms with van der Waals surface area (Å²) < 4.78 is 3.72. The molecule has 3 nitrogen and oxygen atoms in total. The Morgan fingerprint density at radius 3 is 2.14 bits per heavy atom. The van der Waals surface area contributed by atoms with Crippen molar-refractivity contribution in [3.63, 3.8) is 0 Å². The molecular formula is C3H4O3Pd. The van der Waals surface area contributed by atoms with Crippen LogP contribution in [-0.4, -0.2) is 12.4 Å². The fourth-order valence-corrected chi connectivity index (χ4v) is 0.0678. The standard InChI is InChI=1S/C3H4O3.Pd/c1-3(5)6-2-4;/h2H,1H3;. The maximum atomic E-state index is 9.59. The Balaban J connectivity index is 0. The van der Waals surface area contributed by atoms with E-state index in [0.717, 1.165) is 6.92 Å².